The summed E-state index contributed by atoms with van der Waals surface area (Å²) in [4.78, 5) is 18.0. The molecule has 1 amide bonds. The highest BCUT2D eigenvalue weighted by Crippen LogP contribution is 2.32. The first-order valence-corrected chi connectivity index (χ1v) is 10.4. The van der Waals surface area contributed by atoms with Crippen LogP contribution < -0.4 is 10.6 Å². The van der Waals surface area contributed by atoms with Gasteiger partial charge in [-0.3, -0.25) is 14.8 Å². The van der Waals surface area contributed by atoms with Crippen molar-refractivity contribution in [1.82, 2.24) is 20.1 Å². The largest absolute Gasteiger partial charge is 0.317 e. The minimum atomic E-state index is -0.670. The van der Waals surface area contributed by atoms with Crippen LogP contribution in [0.15, 0.2) is 36.0 Å². The summed E-state index contributed by atoms with van der Waals surface area (Å²) in [5.74, 6) is -0.0459. The lowest BCUT2D eigenvalue weighted by atomic mass is 9.87. The lowest BCUT2D eigenvalue weighted by molar-refractivity contribution is -0.126. The van der Waals surface area contributed by atoms with Gasteiger partial charge < -0.3 is 5.32 Å². The number of aryl methyl sites for hydroxylation is 3. The zero-order chi connectivity index (χ0) is 19.7. The fourth-order valence-electron chi connectivity index (χ4n) is 3.83. The van der Waals surface area contributed by atoms with Crippen molar-refractivity contribution in [3.8, 4) is 11.3 Å². The number of nitrogens with zero attached hydrogens (tertiary/aromatic N) is 3. The highest BCUT2D eigenvalue weighted by Gasteiger charge is 2.42. The van der Waals surface area contributed by atoms with Gasteiger partial charge in [-0.15, -0.1) is 11.3 Å². The van der Waals surface area contributed by atoms with E-state index in [1.807, 2.05) is 17.6 Å². The van der Waals surface area contributed by atoms with Gasteiger partial charge in [0, 0.05) is 23.3 Å². The number of amides is 1. The minimum absolute atomic E-state index is 0.0459. The standard InChI is InChI=1S/C21H25N5OS/c1-14-11-16(3)17(12-15(14)2)18-13-28-20(24-18)25-19(27)21(5-8-22-9-6-21)26-10-4-7-23-26/h4,7,10-13,22H,5-6,8-9H2,1-3H3,(H,24,25,27). The third kappa shape index (κ3) is 3.36. The summed E-state index contributed by atoms with van der Waals surface area (Å²) in [6, 6.07) is 6.22. The molecule has 3 aromatic rings. The van der Waals surface area contributed by atoms with Gasteiger partial charge in [0.25, 0.3) is 5.91 Å². The Hall–Kier alpha value is -2.51. The molecular weight excluding hydrogens is 370 g/mol. The second-order valence-electron chi connectivity index (χ2n) is 7.48. The second kappa shape index (κ2) is 7.48. The smallest absolute Gasteiger partial charge is 0.254 e. The number of benzene rings is 1. The van der Waals surface area contributed by atoms with Gasteiger partial charge in [-0.2, -0.15) is 5.10 Å². The number of anilines is 1. The number of hydrogen-bond donors (Lipinski definition) is 2. The number of nitrogens with one attached hydrogen (secondary N) is 2. The molecule has 1 aliphatic rings. The summed E-state index contributed by atoms with van der Waals surface area (Å²) in [5, 5.41) is 13.4. The number of thiazole rings is 1. The lowest BCUT2D eigenvalue weighted by Crippen LogP contribution is -2.52. The molecule has 1 aromatic carbocycles. The minimum Gasteiger partial charge on any atom is -0.317 e. The van der Waals surface area contributed by atoms with Crippen LogP contribution in [0.5, 0.6) is 0 Å². The Bertz CT molecular complexity index is 986. The van der Waals surface area contributed by atoms with Gasteiger partial charge >= 0.3 is 0 Å². The van der Waals surface area contributed by atoms with Crippen LogP contribution in [0.3, 0.4) is 0 Å². The van der Waals surface area contributed by atoms with Gasteiger partial charge in [-0.25, -0.2) is 4.98 Å². The van der Waals surface area contributed by atoms with Crippen LogP contribution in [0.4, 0.5) is 5.13 Å². The molecule has 0 radical (unpaired) electrons. The molecule has 28 heavy (non-hydrogen) atoms. The van der Waals surface area contributed by atoms with E-state index in [2.05, 4.69) is 48.6 Å². The van der Waals surface area contributed by atoms with Gasteiger partial charge in [-0.05, 0) is 75.5 Å². The molecule has 7 heteroatoms. The predicted molar refractivity (Wildman–Crippen MR) is 113 cm³/mol. The van der Waals surface area contributed by atoms with E-state index in [0.29, 0.717) is 18.0 Å². The van der Waals surface area contributed by atoms with Crippen LogP contribution in [0, 0.1) is 20.8 Å². The molecule has 6 nitrogen and oxygen atoms in total. The zero-order valence-corrected chi connectivity index (χ0v) is 17.3. The molecule has 2 N–H and O–H groups in total. The van der Waals surface area contributed by atoms with E-state index in [1.54, 1.807) is 10.9 Å². The van der Waals surface area contributed by atoms with Crippen LogP contribution >= 0.6 is 11.3 Å². The quantitative estimate of drug-likeness (QED) is 0.707. The van der Waals surface area contributed by atoms with Gasteiger partial charge in [0.15, 0.2) is 5.13 Å². The second-order valence-corrected chi connectivity index (χ2v) is 8.33. The van der Waals surface area contributed by atoms with Crippen molar-refractivity contribution in [2.24, 2.45) is 0 Å². The van der Waals surface area contributed by atoms with Crippen molar-refractivity contribution >= 4 is 22.4 Å². The molecule has 1 aliphatic heterocycles. The maximum atomic E-state index is 13.3. The van der Waals surface area contributed by atoms with E-state index in [0.717, 1.165) is 24.3 Å². The summed E-state index contributed by atoms with van der Waals surface area (Å²) in [7, 11) is 0. The Labute approximate surface area is 169 Å². The summed E-state index contributed by atoms with van der Waals surface area (Å²) < 4.78 is 1.80. The Morgan fingerprint density at radius 1 is 1.18 bits per heavy atom. The van der Waals surface area contributed by atoms with Crippen LogP contribution in [0.25, 0.3) is 11.3 Å². The average molecular weight is 396 g/mol. The molecular formula is C21H25N5OS. The zero-order valence-electron chi connectivity index (χ0n) is 16.5. The summed E-state index contributed by atoms with van der Waals surface area (Å²) in [5.41, 5.74) is 5.06. The molecule has 0 unspecified atom stereocenters. The van der Waals surface area contributed by atoms with E-state index >= 15 is 0 Å². The normalized spacial score (nSPS) is 16.1. The molecule has 0 bridgehead atoms. The van der Waals surface area contributed by atoms with Crippen molar-refractivity contribution in [1.29, 1.82) is 0 Å². The van der Waals surface area contributed by atoms with Gasteiger partial charge in [0.05, 0.1) is 5.69 Å². The molecule has 146 valence electrons. The van der Waals surface area contributed by atoms with Crippen molar-refractivity contribution in [3.05, 3.63) is 52.7 Å². The monoisotopic (exact) mass is 395 g/mol. The third-order valence-electron chi connectivity index (χ3n) is 5.64. The van der Waals surface area contributed by atoms with Gasteiger partial charge in [-0.1, -0.05) is 6.07 Å². The molecule has 1 fully saturated rings. The van der Waals surface area contributed by atoms with E-state index in [9.17, 15) is 4.79 Å². The Kier molecular flexibility index (Phi) is 5.03. The lowest BCUT2D eigenvalue weighted by Gasteiger charge is -2.36. The number of carbonyl (C=O) groups is 1. The van der Waals surface area contributed by atoms with Crippen molar-refractivity contribution in [2.45, 2.75) is 39.2 Å². The van der Waals surface area contributed by atoms with E-state index in [-0.39, 0.29) is 5.91 Å². The third-order valence-corrected chi connectivity index (χ3v) is 6.40. The van der Waals surface area contributed by atoms with Crippen LogP contribution in [0.1, 0.15) is 29.5 Å². The van der Waals surface area contributed by atoms with Gasteiger partial charge in [0.2, 0.25) is 0 Å². The molecule has 0 atom stereocenters. The van der Waals surface area contributed by atoms with E-state index in [4.69, 9.17) is 4.98 Å². The maximum Gasteiger partial charge on any atom is 0.254 e. The molecule has 3 heterocycles. The number of rotatable bonds is 4. The SMILES string of the molecule is Cc1cc(C)c(-c2csc(NC(=O)C3(n4cccn4)CCNCC3)n2)cc1C. The number of hydrogen-bond acceptors (Lipinski definition) is 5. The van der Waals surface area contributed by atoms with Crippen LogP contribution in [0.2, 0.25) is 0 Å². The maximum absolute atomic E-state index is 13.3. The highest BCUT2D eigenvalue weighted by molar-refractivity contribution is 7.14. The molecule has 1 saturated heterocycles. The Morgan fingerprint density at radius 2 is 1.93 bits per heavy atom. The summed E-state index contributed by atoms with van der Waals surface area (Å²) >= 11 is 1.46. The fourth-order valence-corrected chi connectivity index (χ4v) is 4.53. The molecule has 4 rings (SSSR count). The molecule has 0 spiro atoms. The van der Waals surface area contributed by atoms with Gasteiger partial charge in [0.1, 0.15) is 5.54 Å². The van der Waals surface area contributed by atoms with E-state index in [1.165, 1.54) is 28.0 Å². The summed E-state index contributed by atoms with van der Waals surface area (Å²) in [6.07, 6.45) is 5.00. The molecule has 0 saturated carbocycles. The van der Waals surface area contributed by atoms with Crippen LogP contribution in [-0.2, 0) is 10.3 Å². The number of carbonyl (C=O) groups excluding carboxylic acids is 1. The van der Waals surface area contributed by atoms with E-state index < -0.39 is 5.54 Å². The predicted octanol–water partition coefficient (Wildman–Crippen LogP) is 3.65. The van der Waals surface area contributed by atoms with Crippen LogP contribution in [-0.4, -0.2) is 33.8 Å². The Morgan fingerprint density at radius 3 is 2.64 bits per heavy atom. The highest BCUT2D eigenvalue weighted by atomic mass is 32.1. The van der Waals surface area contributed by atoms with Crippen molar-refractivity contribution in [3.63, 3.8) is 0 Å². The average Bonchev–Trinajstić information content (AvgIpc) is 3.38. The number of aromatic nitrogens is 3. The first-order chi connectivity index (χ1) is 13.5. The first-order valence-electron chi connectivity index (χ1n) is 9.56. The fraction of sp³-hybridized carbons (Fsp3) is 0.381. The molecule has 2 aromatic heterocycles. The Balaban J connectivity index is 1.60. The number of piperidine rings is 1. The van der Waals surface area contributed by atoms with Crippen molar-refractivity contribution < 1.29 is 4.79 Å². The summed E-state index contributed by atoms with van der Waals surface area (Å²) in [6.45, 7) is 7.91. The van der Waals surface area contributed by atoms with Crippen molar-refractivity contribution in [2.75, 3.05) is 18.4 Å². The first kappa shape index (κ1) is 18.8. The molecule has 0 aliphatic carbocycles. The topological polar surface area (TPSA) is 71.8 Å².